The van der Waals surface area contributed by atoms with Crippen LogP contribution in [0.5, 0.6) is 0 Å². The summed E-state index contributed by atoms with van der Waals surface area (Å²) in [4.78, 5) is 56.9. The van der Waals surface area contributed by atoms with Crippen LogP contribution in [0.3, 0.4) is 0 Å². The van der Waals surface area contributed by atoms with E-state index in [1.54, 1.807) is 54.6 Å². The minimum Gasteiger partial charge on any atom is -0.321 e. The normalized spacial score (nSPS) is 11.8. The van der Waals surface area contributed by atoms with Crippen molar-refractivity contribution in [2.24, 2.45) is 0 Å². The van der Waals surface area contributed by atoms with Gasteiger partial charge in [0.05, 0.1) is 20.7 Å². The third-order valence-electron chi connectivity index (χ3n) is 7.42. The van der Waals surface area contributed by atoms with Gasteiger partial charge >= 0.3 is 0 Å². The van der Waals surface area contributed by atoms with Crippen LogP contribution in [-0.4, -0.2) is 27.6 Å². The molecule has 0 aliphatic carbocycles. The first kappa shape index (κ1) is 33.8. The van der Waals surface area contributed by atoms with E-state index >= 15 is 0 Å². The largest absolute Gasteiger partial charge is 0.321 e. The van der Waals surface area contributed by atoms with Gasteiger partial charge in [0.2, 0.25) is 5.91 Å². The third-order valence-corrected chi connectivity index (χ3v) is 9.60. The number of nitrogens with one attached hydrogen (secondary N) is 3. The Bertz CT molecular complexity index is 2240. The topological polar surface area (TPSA) is 143 Å². The van der Waals surface area contributed by atoms with E-state index in [9.17, 15) is 24.5 Å². The molecule has 248 valence electrons. The van der Waals surface area contributed by atoms with Crippen LogP contribution >= 0.6 is 23.1 Å². The van der Waals surface area contributed by atoms with E-state index in [1.807, 2.05) is 61.5 Å². The average Bonchev–Trinajstić information content (AvgIpc) is 3.52. The van der Waals surface area contributed by atoms with E-state index in [0.29, 0.717) is 21.3 Å². The first-order chi connectivity index (χ1) is 24.2. The second-order valence-corrected chi connectivity index (χ2v) is 13.3. The summed E-state index contributed by atoms with van der Waals surface area (Å²) < 4.78 is 0.975. The van der Waals surface area contributed by atoms with Crippen molar-refractivity contribution in [3.05, 3.63) is 165 Å². The highest BCUT2D eigenvalue weighted by atomic mass is 32.2. The molecule has 1 heterocycles. The highest BCUT2D eigenvalue weighted by molar-refractivity contribution is 8.00. The molecule has 0 aliphatic rings. The van der Waals surface area contributed by atoms with E-state index in [1.165, 1.54) is 47.4 Å². The maximum atomic E-state index is 13.8. The summed E-state index contributed by atoms with van der Waals surface area (Å²) in [6.07, 6.45) is 1.27. The van der Waals surface area contributed by atoms with Crippen LogP contribution in [0.15, 0.2) is 138 Å². The lowest BCUT2D eigenvalue weighted by Gasteiger charge is -2.17. The predicted molar refractivity (Wildman–Crippen MR) is 198 cm³/mol. The van der Waals surface area contributed by atoms with Crippen molar-refractivity contribution >= 4 is 73.6 Å². The van der Waals surface area contributed by atoms with Crippen LogP contribution in [0.25, 0.3) is 16.3 Å². The number of carbonyl (C=O) groups is 3. The zero-order valence-corrected chi connectivity index (χ0v) is 28.2. The molecule has 0 aliphatic heterocycles. The fourth-order valence-electron chi connectivity index (χ4n) is 5.01. The summed E-state index contributed by atoms with van der Waals surface area (Å²) in [6.45, 7) is 2.00. The Morgan fingerprint density at radius 2 is 1.56 bits per heavy atom. The number of hydrogen-bond donors (Lipinski definition) is 3. The fraction of sp³-hybridized carbons (Fsp3) is 0.0526. The average molecular weight is 700 g/mol. The number of aryl methyl sites for hydroxylation is 1. The van der Waals surface area contributed by atoms with Crippen molar-refractivity contribution in [2.75, 3.05) is 10.6 Å². The molecule has 0 saturated heterocycles. The van der Waals surface area contributed by atoms with Crippen molar-refractivity contribution < 1.29 is 19.3 Å². The Morgan fingerprint density at radius 1 is 0.840 bits per heavy atom. The van der Waals surface area contributed by atoms with E-state index in [0.717, 1.165) is 21.3 Å². The fourth-order valence-corrected chi connectivity index (χ4v) is 7.06. The van der Waals surface area contributed by atoms with Crippen LogP contribution < -0.4 is 16.0 Å². The molecule has 0 radical (unpaired) electrons. The van der Waals surface area contributed by atoms with Gasteiger partial charge in [-0.1, -0.05) is 84.1 Å². The van der Waals surface area contributed by atoms with Gasteiger partial charge in [-0.15, -0.1) is 11.8 Å². The van der Waals surface area contributed by atoms with Gasteiger partial charge < -0.3 is 16.0 Å². The number of rotatable bonds is 11. The Hall–Kier alpha value is -6.11. The second-order valence-electron chi connectivity index (χ2n) is 11.1. The smallest absolute Gasteiger partial charge is 0.276 e. The molecule has 1 atom stereocenters. The van der Waals surface area contributed by atoms with Crippen molar-refractivity contribution in [2.45, 2.75) is 17.1 Å². The highest BCUT2D eigenvalue weighted by Gasteiger charge is 2.24. The Morgan fingerprint density at radius 3 is 2.32 bits per heavy atom. The SMILES string of the molecule is Cc1ccc2nc(NC(=O)C(Sc3cccc(NC(=O)/C(=C\c4ccccc4[N+](=O)[O-])NC(=O)c4ccccc4)c3)c3ccccc3)sc2c1. The third kappa shape index (κ3) is 8.29. The molecule has 6 aromatic rings. The molecule has 5 aromatic carbocycles. The zero-order chi connectivity index (χ0) is 35.0. The second kappa shape index (κ2) is 15.4. The minimum atomic E-state index is -0.696. The number of hydrogen-bond acceptors (Lipinski definition) is 8. The molecule has 3 amide bonds. The number of thioether (sulfide) groups is 1. The number of nitro groups is 1. The maximum Gasteiger partial charge on any atom is 0.276 e. The van der Waals surface area contributed by atoms with Crippen molar-refractivity contribution in [1.82, 2.24) is 10.3 Å². The van der Waals surface area contributed by atoms with Gasteiger partial charge in [-0.3, -0.25) is 24.5 Å². The van der Waals surface area contributed by atoms with Gasteiger partial charge in [0.15, 0.2) is 5.13 Å². The number of nitro benzene ring substituents is 1. The first-order valence-electron chi connectivity index (χ1n) is 15.4. The molecule has 50 heavy (non-hydrogen) atoms. The predicted octanol–water partition coefficient (Wildman–Crippen LogP) is 8.39. The Kier molecular flexibility index (Phi) is 10.4. The lowest BCUT2D eigenvalue weighted by atomic mass is 10.1. The van der Waals surface area contributed by atoms with Crippen molar-refractivity contribution in [1.29, 1.82) is 0 Å². The van der Waals surface area contributed by atoms with Crippen molar-refractivity contribution in [3.63, 3.8) is 0 Å². The number of nitrogens with zero attached hydrogens (tertiary/aromatic N) is 2. The summed E-state index contributed by atoms with van der Waals surface area (Å²) in [7, 11) is 0. The quantitative estimate of drug-likeness (QED) is 0.0533. The Balaban J connectivity index is 1.25. The van der Waals surface area contributed by atoms with Crippen molar-refractivity contribution in [3.8, 4) is 0 Å². The lowest BCUT2D eigenvalue weighted by Crippen LogP contribution is -2.30. The highest BCUT2D eigenvalue weighted by Crippen LogP contribution is 2.38. The number of aromatic nitrogens is 1. The van der Waals surface area contributed by atoms with E-state index < -0.39 is 22.0 Å². The molecule has 1 unspecified atom stereocenters. The molecular weight excluding hydrogens is 671 g/mol. The maximum absolute atomic E-state index is 13.8. The van der Waals surface area contributed by atoms with Gasteiger partial charge in [0, 0.05) is 22.2 Å². The van der Waals surface area contributed by atoms with Crippen LogP contribution in [0.1, 0.15) is 32.3 Å². The molecular formula is C38H29N5O5S2. The van der Waals surface area contributed by atoms with Gasteiger partial charge in [-0.25, -0.2) is 4.98 Å². The van der Waals surface area contributed by atoms with Crippen LogP contribution in [0.4, 0.5) is 16.5 Å². The molecule has 12 heteroatoms. The van der Waals surface area contributed by atoms with Gasteiger partial charge in [-0.05, 0) is 72.7 Å². The Labute approximate surface area is 295 Å². The molecule has 0 saturated carbocycles. The van der Waals surface area contributed by atoms with E-state index in [2.05, 4.69) is 20.9 Å². The molecule has 0 spiro atoms. The number of anilines is 2. The van der Waals surface area contributed by atoms with Crippen LogP contribution in [0, 0.1) is 17.0 Å². The standard InChI is InChI=1S/C38H29N5O5S2/c1-24-19-20-30-33(21-24)50-38(41-30)42-37(46)34(25-11-4-2-5-12-25)49-29-17-10-16-28(23-29)39-36(45)31(40-35(44)26-13-6-3-7-14-26)22-27-15-8-9-18-32(27)43(47)48/h2-23,34H,1H3,(H,39,45)(H,40,44)(H,41,42,46)/b31-22+. The number of thiazole rings is 1. The van der Waals surface area contributed by atoms with E-state index in [4.69, 9.17) is 0 Å². The molecule has 6 rings (SSSR count). The summed E-state index contributed by atoms with van der Waals surface area (Å²) in [5, 5.41) is 19.9. The summed E-state index contributed by atoms with van der Waals surface area (Å²) in [5.74, 6) is -1.52. The summed E-state index contributed by atoms with van der Waals surface area (Å²) in [6, 6.07) is 36.5. The van der Waals surface area contributed by atoms with Gasteiger partial charge in [-0.2, -0.15) is 0 Å². The molecule has 3 N–H and O–H groups in total. The monoisotopic (exact) mass is 699 g/mol. The molecule has 1 aromatic heterocycles. The van der Waals surface area contributed by atoms with E-state index in [-0.39, 0.29) is 22.9 Å². The number of fused-ring (bicyclic) bond motifs is 1. The number of benzene rings is 5. The minimum absolute atomic E-state index is 0.139. The molecule has 0 bridgehead atoms. The lowest BCUT2D eigenvalue weighted by molar-refractivity contribution is -0.385. The first-order valence-corrected chi connectivity index (χ1v) is 17.1. The van der Waals surface area contributed by atoms with Crippen LogP contribution in [0.2, 0.25) is 0 Å². The number of para-hydroxylation sites is 1. The van der Waals surface area contributed by atoms with Crippen LogP contribution in [-0.2, 0) is 9.59 Å². The molecule has 0 fully saturated rings. The summed E-state index contributed by atoms with van der Waals surface area (Å²) in [5.41, 5.74) is 3.09. The van der Waals surface area contributed by atoms with Gasteiger partial charge in [0.1, 0.15) is 10.9 Å². The zero-order valence-electron chi connectivity index (χ0n) is 26.5. The molecule has 10 nitrogen and oxygen atoms in total. The van der Waals surface area contributed by atoms with Gasteiger partial charge in [0.25, 0.3) is 17.5 Å². The number of carbonyl (C=O) groups excluding carboxylic acids is 3. The summed E-state index contributed by atoms with van der Waals surface area (Å²) >= 11 is 2.70. The number of amides is 3.